The maximum atomic E-state index is 6.45. The minimum atomic E-state index is 0.231. The Labute approximate surface area is 147 Å². The van der Waals surface area contributed by atoms with Crippen LogP contribution in [0, 0.1) is 17.8 Å². The summed E-state index contributed by atoms with van der Waals surface area (Å²) in [6.45, 7) is 5.47. The van der Waals surface area contributed by atoms with E-state index < -0.39 is 0 Å². The van der Waals surface area contributed by atoms with E-state index in [9.17, 15) is 0 Å². The predicted molar refractivity (Wildman–Crippen MR) is 96.1 cm³/mol. The highest BCUT2D eigenvalue weighted by atomic mass is 32.1. The first-order valence-corrected chi connectivity index (χ1v) is 10.1. The molecule has 2 aliphatic carbocycles. The van der Waals surface area contributed by atoms with Crippen molar-refractivity contribution < 1.29 is 14.2 Å². The summed E-state index contributed by atoms with van der Waals surface area (Å²) in [5, 5.41) is 0.231. The molecule has 0 radical (unpaired) electrons. The van der Waals surface area contributed by atoms with Gasteiger partial charge in [-0.1, -0.05) is 13.8 Å². The summed E-state index contributed by atoms with van der Waals surface area (Å²) in [7, 11) is 1.80. The van der Waals surface area contributed by atoms with E-state index in [0.29, 0.717) is 18.1 Å². The summed E-state index contributed by atoms with van der Waals surface area (Å²) in [6.07, 6.45) is 9.70. The van der Waals surface area contributed by atoms with E-state index in [2.05, 4.69) is 13.8 Å². The predicted octanol–water partition coefficient (Wildman–Crippen LogP) is 4.10. The van der Waals surface area contributed by atoms with Crippen molar-refractivity contribution in [3.8, 4) is 0 Å². The molecular formula is C19H34O3S. The van der Waals surface area contributed by atoms with Crippen LogP contribution in [0.4, 0.5) is 0 Å². The number of ether oxygens (including phenoxy) is 3. The normalized spacial score (nSPS) is 43.4. The highest BCUT2D eigenvalue weighted by Crippen LogP contribution is 2.49. The first-order valence-electron chi connectivity index (χ1n) is 9.58. The number of rotatable bonds is 6. The van der Waals surface area contributed by atoms with Gasteiger partial charge in [-0.2, -0.15) is 12.6 Å². The first kappa shape index (κ1) is 18.0. The van der Waals surface area contributed by atoms with Crippen LogP contribution in [0.5, 0.6) is 0 Å². The Morgan fingerprint density at radius 2 is 1.91 bits per heavy atom. The maximum absolute atomic E-state index is 6.45. The molecule has 1 saturated heterocycles. The van der Waals surface area contributed by atoms with Crippen LogP contribution < -0.4 is 0 Å². The molecule has 1 aliphatic heterocycles. The molecular weight excluding hydrogens is 308 g/mol. The van der Waals surface area contributed by atoms with Crippen molar-refractivity contribution in [3.05, 3.63) is 0 Å². The van der Waals surface area contributed by atoms with Crippen LogP contribution in [-0.2, 0) is 14.2 Å². The molecule has 0 aromatic carbocycles. The van der Waals surface area contributed by atoms with Gasteiger partial charge in [0.1, 0.15) is 0 Å². The van der Waals surface area contributed by atoms with Gasteiger partial charge in [-0.15, -0.1) is 0 Å². The summed E-state index contributed by atoms with van der Waals surface area (Å²) in [5.41, 5.74) is 0. The van der Waals surface area contributed by atoms with Gasteiger partial charge < -0.3 is 14.2 Å². The fraction of sp³-hybridized carbons (Fsp3) is 1.00. The van der Waals surface area contributed by atoms with E-state index in [1.54, 1.807) is 7.11 Å². The summed E-state index contributed by atoms with van der Waals surface area (Å²) in [6, 6.07) is 0. The van der Waals surface area contributed by atoms with Crippen molar-refractivity contribution in [2.24, 2.45) is 17.8 Å². The van der Waals surface area contributed by atoms with Gasteiger partial charge in [-0.3, -0.25) is 0 Å². The molecule has 3 nitrogen and oxygen atoms in total. The van der Waals surface area contributed by atoms with Gasteiger partial charge >= 0.3 is 0 Å². The fourth-order valence-corrected chi connectivity index (χ4v) is 5.47. The van der Waals surface area contributed by atoms with E-state index in [4.69, 9.17) is 26.8 Å². The van der Waals surface area contributed by atoms with Crippen molar-refractivity contribution in [2.75, 3.05) is 13.7 Å². The largest absolute Gasteiger partial charge is 0.380 e. The maximum Gasteiger partial charge on any atom is 0.0751 e. The van der Waals surface area contributed by atoms with E-state index in [-0.39, 0.29) is 17.5 Å². The Balaban J connectivity index is 1.49. The third-order valence-corrected chi connectivity index (χ3v) is 6.81. The smallest absolute Gasteiger partial charge is 0.0751 e. The lowest BCUT2D eigenvalue weighted by Crippen LogP contribution is -2.43. The van der Waals surface area contributed by atoms with Gasteiger partial charge in [0.05, 0.1) is 29.7 Å². The van der Waals surface area contributed by atoms with Crippen molar-refractivity contribution in [2.45, 2.75) is 88.5 Å². The molecule has 3 rings (SSSR count). The van der Waals surface area contributed by atoms with Crippen molar-refractivity contribution in [1.29, 1.82) is 0 Å². The fourth-order valence-electron chi connectivity index (χ4n) is 4.91. The molecule has 3 fully saturated rings. The molecule has 0 spiro atoms. The minimum Gasteiger partial charge on any atom is -0.380 e. The molecule has 3 aliphatic rings. The lowest BCUT2D eigenvalue weighted by atomic mass is 9.72. The second-order valence-electron chi connectivity index (χ2n) is 8.15. The molecule has 23 heavy (non-hydrogen) atoms. The summed E-state index contributed by atoms with van der Waals surface area (Å²) in [4.78, 5) is 0. The van der Waals surface area contributed by atoms with E-state index in [1.807, 2.05) is 0 Å². The molecule has 4 heteroatoms. The zero-order chi connectivity index (χ0) is 16.4. The SMILES string of the molecule is COC1CCC2C3CCC(OCCCC(C)C)CC3OC2C1S. The molecule has 2 saturated carbocycles. The Kier molecular flexibility index (Phi) is 6.33. The lowest BCUT2D eigenvalue weighted by molar-refractivity contribution is -0.0594. The Hall–Kier alpha value is 0.230. The molecule has 7 unspecified atom stereocenters. The number of hydrogen-bond acceptors (Lipinski definition) is 4. The van der Waals surface area contributed by atoms with Crippen molar-refractivity contribution in [3.63, 3.8) is 0 Å². The third-order valence-electron chi connectivity index (χ3n) is 6.18. The van der Waals surface area contributed by atoms with Crippen molar-refractivity contribution in [1.82, 2.24) is 0 Å². The lowest BCUT2D eigenvalue weighted by Gasteiger charge is -2.37. The molecule has 0 amide bonds. The van der Waals surface area contributed by atoms with Gasteiger partial charge in [0.15, 0.2) is 0 Å². The topological polar surface area (TPSA) is 27.7 Å². The number of thiol groups is 1. The number of fused-ring (bicyclic) bond motifs is 3. The highest BCUT2D eigenvalue weighted by molar-refractivity contribution is 7.81. The Bertz CT molecular complexity index is 376. The van der Waals surface area contributed by atoms with Crippen LogP contribution in [0.3, 0.4) is 0 Å². The zero-order valence-electron chi connectivity index (χ0n) is 14.9. The number of methoxy groups -OCH3 is 1. The summed E-state index contributed by atoms with van der Waals surface area (Å²) < 4.78 is 18.2. The second-order valence-corrected chi connectivity index (χ2v) is 8.75. The highest BCUT2D eigenvalue weighted by Gasteiger charge is 2.52. The van der Waals surface area contributed by atoms with Gasteiger partial charge in [-0.05, 0) is 56.3 Å². The van der Waals surface area contributed by atoms with Crippen molar-refractivity contribution >= 4 is 12.6 Å². The van der Waals surface area contributed by atoms with Crippen LogP contribution in [0.1, 0.15) is 58.8 Å². The van der Waals surface area contributed by atoms with Gasteiger partial charge in [0, 0.05) is 20.1 Å². The molecule has 134 valence electrons. The van der Waals surface area contributed by atoms with E-state index in [0.717, 1.165) is 31.3 Å². The van der Waals surface area contributed by atoms with Gasteiger partial charge in [-0.25, -0.2) is 0 Å². The molecule has 0 aromatic heterocycles. The second kappa shape index (κ2) is 8.07. The quantitative estimate of drug-likeness (QED) is 0.582. The van der Waals surface area contributed by atoms with E-state index >= 15 is 0 Å². The molecule has 1 heterocycles. The van der Waals surface area contributed by atoms with Crippen LogP contribution in [0.25, 0.3) is 0 Å². The minimum absolute atomic E-state index is 0.231. The molecule has 0 bridgehead atoms. The molecule has 0 N–H and O–H groups in total. The Morgan fingerprint density at radius 1 is 1.13 bits per heavy atom. The van der Waals surface area contributed by atoms with Gasteiger partial charge in [0.2, 0.25) is 0 Å². The van der Waals surface area contributed by atoms with Crippen LogP contribution >= 0.6 is 12.6 Å². The average molecular weight is 343 g/mol. The third kappa shape index (κ3) is 4.08. The molecule has 0 aromatic rings. The average Bonchev–Trinajstić information content (AvgIpc) is 2.90. The van der Waals surface area contributed by atoms with Gasteiger partial charge in [0.25, 0.3) is 0 Å². The standard InChI is InChI=1S/C19H34O3S/c1-12(2)5-4-10-21-13-6-7-14-15-8-9-16(20-3)19(23)18(15)22-17(14)11-13/h12-19,23H,4-11H2,1-3H3. The van der Waals surface area contributed by atoms with E-state index in [1.165, 1.54) is 32.1 Å². The Morgan fingerprint density at radius 3 is 2.65 bits per heavy atom. The monoisotopic (exact) mass is 342 g/mol. The summed E-state index contributed by atoms with van der Waals surface area (Å²) >= 11 is 4.82. The number of hydrogen-bond donors (Lipinski definition) is 1. The van der Waals surface area contributed by atoms with Crippen LogP contribution in [-0.4, -0.2) is 43.4 Å². The molecule has 7 atom stereocenters. The van der Waals surface area contributed by atoms with Crippen LogP contribution in [0.15, 0.2) is 0 Å². The zero-order valence-corrected chi connectivity index (χ0v) is 15.8. The van der Waals surface area contributed by atoms with Crippen LogP contribution in [0.2, 0.25) is 0 Å². The summed E-state index contributed by atoms with van der Waals surface area (Å²) in [5.74, 6) is 2.19. The first-order chi connectivity index (χ1) is 11.1.